The molecule has 2 aromatic heterocycles. The minimum atomic E-state index is 0.691. The molecule has 0 aliphatic rings. The van der Waals surface area contributed by atoms with Crippen LogP contribution in [0.3, 0.4) is 0 Å². The van der Waals surface area contributed by atoms with Gasteiger partial charge >= 0.3 is 0 Å². The first-order valence-corrected chi connectivity index (χ1v) is 8.11. The van der Waals surface area contributed by atoms with Crippen LogP contribution in [0.4, 0.5) is 0 Å². The van der Waals surface area contributed by atoms with Gasteiger partial charge in [0.2, 0.25) is 5.88 Å². The van der Waals surface area contributed by atoms with Crippen LogP contribution < -0.4 is 10.1 Å². The fraction of sp³-hybridized carbons (Fsp3) is 0.312. The van der Waals surface area contributed by atoms with Gasteiger partial charge in [-0.2, -0.15) is 4.98 Å². The lowest BCUT2D eigenvalue weighted by Gasteiger charge is -2.07. The van der Waals surface area contributed by atoms with Gasteiger partial charge in [-0.05, 0) is 30.7 Å². The van der Waals surface area contributed by atoms with E-state index >= 15 is 0 Å². The molecule has 0 aliphatic heterocycles. The van der Waals surface area contributed by atoms with Crippen LogP contribution in [0.5, 0.6) is 11.6 Å². The van der Waals surface area contributed by atoms with E-state index in [1.54, 1.807) is 11.3 Å². The predicted molar refractivity (Wildman–Crippen MR) is 86.3 cm³/mol. The Morgan fingerprint density at radius 2 is 2.24 bits per heavy atom. The van der Waals surface area contributed by atoms with Crippen LogP contribution in [0.2, 0.25) is 0 Å². The normalized spacial score (nSPS) is 11.1. The monoisotopic (exact) mass is 301 g/mol. The maximum atomic E-state index is 6.03. The summed E-state index contributed by atoms with van der Waals surface area (Å²) in [6.45, 7) is 5.90. The standard InChI is InChI=1S/C16H19N3OS/c1-3-12-6-5-7-13(10-12)20-15-14(11-17-4-2)19-8-9-21-16(19)18-15/h5-10,17H,3-4,11H2,1-2H3. The average molecular weight is 301 g/mol. The number of hydrogen-bond acceptors (Lipinski definition) is 4. The number of fused-ring (bicyclic) bond motifs is 1. The predicted octanol–water partition coefficient (Wildman–Crippen LogP) is 3.86. The molecule has 0 bridgehead atoms. The number of aryl methyl sites for hydroxylation is 1. The summed E-state index contributed by atoms with van der Waals surface area (Å²) in [4.78, 5) is 5.56. The van der Waals surface area contributed by atoms with E-state index in [2.05, 4.69) is 40.7 Å². The van der Waals surface area contributed by atoms with Crippen LogP contribution >= 0.6 is 11.3 Å². The van der Waals surface area contributed by atoms with E-state index in [1.807, 2.05) is 23.7 Å². The van der Waals surface area contributed by atoms with Crippen molar-refractivity contribution in [1.82, 2.24) is 14.7 Å². The summed E-state index contributed by atoms with van der Waals surface area (Å²) >= 11 is 1.62. The highest BCUT2D eigenvalue weighted by Gasteiger charge is 2.14. The van der Waals surface area contributed by atoms with Crippen molar-refractivity contribution in [2.45, 2.75) is 26.8 Å². The largest absolute Gasteiger partial charge is 0.437 e. The number of nitrogens with zero attached hydrogens (tertiary/aromatic N) is 2. The van der Waals surface area contributed by atoms with Gasteiger partial charge in [-0.15, -0.1) is 11.3 Å². The maximum Gasteiger partial charge on any atom is 0.243 e. The lowest BCUT2D eigenvalue weighted by atomic mass is 10.2. The molecule has 0 aliphatic carbocycles. The molecule has 0 radical (unpaired) electrons. The summed E-state index contributed by atoms with van der Waals surface area (Å²) in [5.41, 5.74) is 2.33. The molecule has 2 heterocycles. The molecule has 21 heavy (non-hydrogen) atoms. The second-order valence-electron chi connectivity index (χ2n) is 4.80. The molecule has 0 atom stereocenters. The molecule has 3 rings (SSSR count). The Morgan fingerprint density at radius 3 is 3.05 bits per heavy atom. The van der Waals surface area contributed by atoms with Crippen molar-refractivity contribution in [1.29, 1.82) is 0 Å². The fourth-order valence-corrected chi connectivity index (χ4v) is 2.96. The summed E-state index contributed by atoms with van der Waals surface area (Å²) in [5, 5.41) is 5.39. The summed E-state index contributed by atoms with van der Waals surface area (Å²) in [5.74, 6) is 1.54. The van der Waals surface area contributed by atoms with E-state index in [0.717, 1.165) is 35.9 Å². The van der Waals surface area contributed by atoms with Crippen LogP contribution in [0.25, 0.3) is 4.96 Å². The zero-order valence-electron chi connectivity index (χ0n) is 12.3. The topological polar surface area (TPSA) is 38.6 Å². The number of aromatic nitrogens is 2. The third-order valence-corrected chi connectivity index (χ3v) is 4.14. The van der Waals surface area contributed by atoms with E-state index in [0.29, 0.717) is 5.88 Å². The Hall–Kier alpha value is -1.85. The summed E-state index contributed by atoms with van der Waals surface area (Å²) < 4.78 is 8.12. The van der Waals surface area contributed by atoms with Crippen molar-refractivity contribution in [3.63, 3.8) is 0 Å². The molecule has 1 N–H and O–H groups in total. The molecule has 0 fully saturated rings. The third-order valence-electron chi connectivity index (χ3n) is 3.39. The molecule has 5 heteroatoms. The van der Waals surface area contributed by atoms with Crippen LogP contribution in [0.1, 0.15) is 25.1 Å². The molecule has 0 saturated heterocycles. The lowest BCUT2D eigenvalue weighted by molar-refractivity contribution is 0.455. The first-order chi connectivity index (χ1) is 10.3. The molecule has 3 aromatic rings. The molecule has 0 saturated carbocycles. The van der Waals surface area contributed by atoms with Gasteiger partial charge in [0.25, 0.3) is 0 Å². The molecule has 0 unspecified atom stereocenters. The number of thiazole rings is 1. The van der Waals surface area contributed by atoms with Crippen LogP contribution in [0.15, 0.2) is 35.8 Å². The lowest BCUT2D eigenvalue weighted by Crippen LogP contribution is -2.13. The second-order valence-corrected chi connectivity index (χ2v) is 5.68. The first kappa shape index (κ1) is 14.1. The van der Waals surface area contributed by atoms with Gasteiger partial charge in [0.15, 0.2) is 4.96 Å². The smallest absolute Gasteiger partial charge is 0.243 e. The zero-order chi connectivity index (χ0) is 14.7. The van der Waals surface area contributed by atoms with Crippen LogP contribution in [-0.2, 0) is 13.0 Å². The Morgan fingerprint density at radius 1 is 1.33 bits per heavy atom. The van der Waals surface area contributed by atoms with Gasteiger partial charge in [0.1, 0.15) is 11.4 Å². The molecular formula is C16H19N3OS. The minimum Gasteiger partial charge on any atom is -0.437 e. The van der Waals surface area contributed by atoms with Crippen molar-refractivity contribution >= 4 is 16.3 Å². The molecule has 110 valence electrons. The van der Waals surface area contributed by atoms with Gasteiger partial charge in [0.05, 0.1) is 0 Å². The van der Waals surface area contributed by atoms with E-state index in [-0.39, 0.29) is 0 Å². The van der Waals surface area contributed by atoms with E-state index < -0.39 is 0 Å². The SMILES string of the molecule is CCNCc1c(Oc2cccc(CC)c2)nc2sccn12. The Balaban J connectivity index is 1.93. The van der Waals surface area contributed by atoms with Crippen molar-refractivity contribution < 1.29 is 4.74 Å². The van der Waals surface area contributed by atoms with E-state index in [4.69, 9.17) is 4.74 Å². The average Bonchev–Trinajstić information content (AvgIpc) is 3.07. The highest BCUT2D eigenvalue weighted by molar-refractivity contribution is 7.15. The van der Waals surface area contributed by atoms with Crippen molar-refractivity contribution in [2.24, 2.45) is 0 Å². The fourth-order valence-electron chi connectivity index (χ4n) is 2.24. The number of ether oxygens (including phenoxy) is 1. The summed E-state index contributed by atoms with van der Waals surface area (Å²) in [6, 6.07) is 8.18. The minimum absolute atomic E-state index is 0.691. The second kappa shape index (κ2) is 6.28. The van der Waals surface area contributed by atoms with Crippen LogP contribution in [-0.4, -0.2) is 15.9 Å². The summed E-state index contributed by atoms with van der Waals surface area (Å²) in [7, 11) is 0. The number of nitrogens with one attached hydrogen (secondary N) is 1. The van der Waals surface area contributed by atoms with Crippen molar-refractivity contribution in [3.8, 4) is 11.6 Å². The van der Waals surface area contributed by atoms with Gasteiger partial charge in [-0.3, -0.25) is 4.40 Å². The Bertz CT molecular complexity index is 732. The number of hydrogen-bond donors (Lipinski definition) is 1. The highest BCUT2D eigenvalue weighted by Crippen LogP contribution is 2.28. The Labute approximate surface area is 128 Å². The zero-order valence-corrected chi connectivity index (χ0v) is 13.1. The quantitative estimate of drug-likeness (QED) is 0.751. The van der Waals surface area contributed by atoms with E-state index in [1.165, 1.54) is 5.56 Å². The molecular weight excluding hydrogens is 282 g/mol. The molecule has 4 nitrogen and oxygen atoms in total. The summed E-state index contributed by atoms with van der Waals surface area (Å²) in [6.07, 6.45) is 3.04. The van der Waals surface area contributed by atoms with Gasteiger partial charge in [-0.25, -0.2) is 0 Å². The highest BCUT2D eigenvalue weighted by atomic mass is 32.1. The third kappa shape index (κ3) is 2.94. The van der Waals surface area contributed by atoms with Crippen molar-refractivity contribution in [2.75, 3.05) is 6.54 Å². The van der Waals surface area contributed by atoms with Gasteiger partial charge in [0, 0.05) is 18.1 Å². The van der Waals surface area contributed by atoms with Crippen LogP contribution in [0, 0.1) is 0 Å². The maximum absolute atomic E-state index is 6.03. The number of imidazole rings is 1. The molecule has 1 aromatic carbocycles. The number of benzene rings is 1. The molecule has 0 spiro atoms. The van der Waals surface area contributed by atoms with Gasteiger partial charge in [-0.1, -0.05) is 26.0 Å². The number of rotatable bonds is 6. The molecule has 0 amide bonds. The Kier molecular flexibility index (Phi) is 4.22. The van der Waals surface area contributed by atoms with Crippen molar-refractivity contribution in [3.05, 3.63) is 47.1 Å². The van der Waals surface area contributed by atoms with Gasteiger partial charge < -0.3 is 10.1 Å². The van der Waals surface area contributed by atoms with E-state index in [9.17, 15) is 0 Å². The first-order valence-electron chi connectivity index (χ1n) is 7.23.